The number of halogens is 1. The maximum absolute atomic E-state index is 11.1. The highest BCUT2D eigenvalue weighted by Crippen LogP contribution is 2.25. The molecule has 0 radical (unpaired) electrons. The molecule has 0 bridgehead atoms. The molecule has 0 aromatic carbocycles. The van der Waals surface area contributed by atoms with Gasteiger partial charge in [-0.2, -0.15) is 0 Å². The molecule has 100 valence electrons. The Morgan fingerprint density at radius 3 is 2.75 bits per heavy atom. The lowest BCUT2D eigenvalue weighted by Gasteiger charge is -2.03. The fraction of sp³-hybridized carbons (Fsp3) is 0. The predicted molar refractivity (Wildman–Crippen MR) is 69.9 cm³/mol. The monoisotopic (exact) mass is 290 g/mol. The summed E-state index contributed by atoms with van der Waals surface area (Å²) < 4.78 is 1.45. The van der Waals surface area contributed by atoms with Crippen LogP contribution in [0.4, 0.5) is 0 Å². The molecule has 0 aliphatic rings. The molecule has 0 atom stereocenters. The standard InChI is InChI=1S/C12H7ClN4O3/c13-9-2-7(12(19)20)5-17-10(15-16-11(9)17)6-1-8(18)4-14-3-6/h1-5,18H,(H,19,20). The first-order chi connectivity index (χ1) is 9.56. The van der Waals surface area contributed by atoms with Gasteiger partial charge in [0.05, 0.1) is 16.8 Å². The van der Waals surface area contributed by atoms with E-state index in [9.17, 15) is 9.90 Å². The van der Waals surface area contributed by atoms with E-state index in [4.69, 9.17) is 16.7 Å². The summed E-state index contributed by atoms with van der Waals surface area (Å²) in [5.41, 5.74) is 0.836. The predicted octanol–water partition coefficient (Wildman–Crippen LogP) is 1.85. The maximum Gasteiger partial charge on any atom is 0.337 e. The van der Waals surface area contributed by atoms with Gasteiger partial charge in [0.15, 0.2) is 11.5 Å². The SMILES string of the molecule is O=C(O)c1cc(Cl)c2nnc(-c3cncc(O)c3)n2c1. The van der Waals surface area contributed by atoms with Crippen LogP contribution in [0, 0.1) is 0 Å². The van der Waals surface area contributed by atoms with Crippen molar-refractivity contribution in [1.82, 2.24) is 19.6 Å². The summed E-state index contributed by atoms with van der Waals surface area (Å²) in [6, 6.07) is 2.75. The van der Waals surface area contributed by atoms with Crippen LogP contribution in [0.2, 0.25) is 5.02 Å². The average Bonchev–Trinajstić information content (AvgIpc) is 2.83. The van der Waals surface area contributed by atoms with Gasteiger partial charge in [0.1, 0.15) is 5.75 Å². The number of rotatable bonds is 2. The van der Waals surface area contributed by atoms with Crippen LogP contribution >= 0.6 is 11.6 Å². The summed E-state index contributed by atoms with van der Waals surface area (Å²) in [5, 5.41) is 26.5. The van der Waals surface area contributed by atoms with E-state index < -0.39 is 5.97 Å². The van der Waals surface area contributed by atoms with E-state index in [-0.39, 0.29) is 16.3 Å². The Bertz CT molecular complexity index is 831. The lowest BCUT2D eigenvalue weighted by atomic mass is 10.2. The lowest BCUT2D eigenvalue weighted by Crippen LogP contribution is -2.00. The van der Waals surface area contributed by atoms with Gasteiger partial charge in [-0.15, -0.1) is 10.2 Å². The Morgan fingerprint density at radius 2 is 2.05 bits per heavy atom. The zero-order valence-corrected chi connectivity index (χ0v) is 10.6. The number of aromatic nitrogens is 4. The summed E-state index contributed by atoms with van der Waals surface area (Å²) in [5.74, 6) is -0.796. The van der Waals surface area contributed by atoms with Gasteiger partial charge in [0.25, 0.3) is 0 Å². The zero-order valence-electron chi connectivity index (χ0n) is 9.86. The largest absolute Gasteiger partial charge is 0.506 e. The van der Waals surface area contributed by atoms with Crippen molar-refractivity contribution in [3.05, 3.63) is 41.3 Å². The molecule has 20 heavy (non-hydrogen) atoms. The maximum atomic E-state index is 11.1. The van der Waals surface area contributed by atoms with Gasteiger partial charge in [-0.3, -0.25) is 9.38 Å². The molecular formula is C12H7ClN4O3. The smallest absolute Gasteiger partial charge is 0.337 e. The van der Waals surface area contributed by atoms with Crippen LogP contribution in [0.3, 0.4) is 0 Å². The number of carboxylic acid groups (broad SMARTS) is 1. The van der Waals surface area contributed by atoms with Crippen molar-refractivity contribution in [1.29, 1.82) is 0 Å². The van der Waals surface area contributed by atoms with Crippen molar-refractivity contribution in [3.8, 4) is 17.1 Å². The molecule has 0 fully saturated rings. The molecule has 0 saturated carbocycles. The second kappa shape index (κ2) is 4.46. The molecule has 0 aliphatic carbocycles. The molecule has 3 aromatic heterocycles. The summed E-state index contributed by atoms with van der Waals surface area (Å²) >= 11 is 5.99. The van der Waals surface area contributed by atoms with Crippen molar-refractivity contribution < 1.29 is 15.0 Å². The number of hydrogen-bond acceptors (Lipinski definition) is 5. The molecule has 0 amide bonds. The lowest BCUT2D eigenvalue weighted by molar-refractivity contribution is 0.0696. The van der Waals surface area contributed by atoms with Gasteiger partial charge < -0.3 is 10.2 Å². The van der Waals surface area contributed by atoms with Crippen molar-refractivity contribution >= 4 is 23.2 Å². The number of aromatic hydroxyl groups is 1. The topological polar surface area (TPSA) is 101 Å². The minimum atomic E-state index is -1.11. The molecule has 2 N–H and O–H groups in total. The number of aromatic carboxylic acids is 1. The van der Waals surface area contributed by atoms with E-state index in [1.54, 1.807) is 0 Å². The fourth-order valence-corrected chi connectivity index (χ4v) is 2.06. The average molecular weight is 291 g/mol. The highest BCUT2D eigenvalue weighted by atomic mass is 35.5. The number of pyridine rings is 2. The molecule has 0 saturated heterocycles. The molecule has 0 unspecified atom stereocenters. The highest BCUT2D eigenvalue weighted by molar-refractivity contribution is 6.33. The van der Waals surface area contributed by atoms with E-state index in [0.717, 1.165) is 0 Å². The fourth-order valence-electron chi connectivity index (χ4n) is 1.82. The van der Waals surface area contributed by atoms with Gasteiger partial charge in [-0.1, -0.05) is 11.6 Å². The number of nitrogens with zero attached hydrogens (tertiary/aromatic N) is 4. The minimum absolute atomic E-state index is 0.0108. The van der Waals surface area contributed by atoms with Crippen molar-refractivity contribution in [2.24, 2.45) is 0 Å². The molecule has 8 heteroatoms. The van der Waals surface area contributed by atoms with Crippen LogP contribution in [-0.2, 0) is 0 Å². The molecule has 0 aliphatic heterocycles. The summed E-state index contributed by atoms with van der Waals surface area (Å²) in [6.45, 7) is 0. The Balaban J connectivity index is 2.29. The normalized spacial score (nSPS) is 10.8. The third-order valence-electron chi connectivity index (χ3n) is 2.69. The quantitative estimate of drug-likeness (QED) is 0.747. The van der Waals surface area contributed by atoms with Crippen molar-refractivity contribution in [2.45, 2.75) is 0 Å². The molecule has 3 aromatic rings. The third-order valence-corrected chi connectivity index (χ3v) is 2.97. The van der Waals surface area contributed by atoms with Gasteiger partial charge in [-0.25, -0.2) is 4.79 Å². The highest BCUT2D eigenvalue weighted by Gasteiger charge is 2.15. The van der Waals surface area contributed by atoms with E-state index in [0.29, 0.717) is 17.0 Å². The minimum Gasteiger partial charge on any atom is -0.506 e. The van der Waals surface area contributed by atoms with Crippen molar-refractivity contribution in [3.63, 3.8) is 0 Å². The number of carboxylic acids is 1. The molecule has 0 spiro atoms. The molecule has 7 nitrogen and oxygen atoms in total. The molecule has 3 rings (SSSR count). The Labute approximate surface area is 117 Å². The summed E-state index contributed by atoms with van der Waals surface area (Å²) in [4.78, 5) is 14.9. The molecular weight excluding hydrogens is 284 g/mol. The first-order valence-electron chi connectivity index (χ1n) is 5.48. The van der Waals surface area contributed by atoms with Crippen molar-refractivity contribution in [2.75, 3.05) is 0 Å². The van der Waals surface area contributed by atoms with E-state index in [1.165, 1.54) is 35.1 Å². The van der Waals surface area contributed by atoms with Gasteiger partial charge >= 0.3 is 5.97 Å². The van der Waals surface area contributed by atoms with Gasteiger partial charge in [-0.05, 0) is 12.1 Å². The zero-order chi connectivity index (χ0) is 14.3. The first-order valence-corrected chi connectivity index (χ1v) is 5.86. The van der Waals surface area contributed by atoms with E-state index in [2.05, 4.69) is 15.2 Å². The van der Waals surface area contributed by atoms with Gasteiger partial charge in [0, 0.05) is 18.0 Å². The Kier molecular flexibility index (Phi) is 2.76. The van der Waals surface area contributed by atoms with Crippen LogP contribution in [-0.4, -0.2) is 35.8 Å². The first kappa shape index (κ1) is 12.4. The summed E-state index contributed by atoms with van der Waals surface area (Å²) in [6.07, 6.45) is 4.13. The Hall–Kier alpha value is -2.67. The second-order valence-electron chi connectivity index (χ2n) is 4.03. The van der Waals surface area contributed by atoms with E-state index in [1.807, 2.05) is 0 Å². The van der Waals surface area contributed by atoms with Crippen LogP contribution < -0.4 is 0 Å². The third kappa shape index (κ3) is 1.94. The Morgan fingerprint density at radius 1 is 1.25 bits per heavy atom. The molecule has 3 heterocycles. The van der Waals surface area contributed by atoms with Crippen LogP contribution in [0.1, 0.15) is 10.4 Å². The second-order valence-corrected chi connectivity index (χ2v) is 4.44. The van der Waals surface area contributed by atoms with Gasteiger partial charge in [0.2, 0.25) is 0 Å². The van der Waals surface area contributed by atoms with E-state index >= 15 is 0 Å². The number of fused-ring (bicyclic) bond motifs is 1. The summed E-state index contributed by atoms with van der Waals surface area (Å²) in [7, 11) is 0. The van der Waals surface area contributed by atoms with Crippen LogP contribution in [0.5, 0.6) is 5.75 Å². The van der Waals surface area contributed by atoms with Crippen LogP contribution in [0.25, 0.3) is 17.0 Å². The number of hydrogen-bond donors (Lipinski definition) is 2. The van der Waals surface area contributed by atoms with Crippen LogP contribution in [0.15, 0.2) is 30.7 Å². The number of carbonyl (C=O) groups is 1.